The predicted octanol–water partition coefficient (Wildman–Crippen LogP) is 5.95. The molecule has 0 saturated carbocycles. The summed E-state index contributed by atoms with van der Waals surface area (Å²) >= 11 is 0. The summed E-state index contributed by atoms with van der Waals surface area (Å²) in [6.45, 7) is 6.74. The molecule has 2 aromatic carbocycles. The lowest BCUT2D eigenvalue weighted by atomic mass is 9.88. The SMILES string of the molecule is CCCCCOc1ccc(N(C)CCC2(O)CCN(Cc3ccccc3)CC2)cc1.Cl.Cl. The quantitative estimate of drug-likeness (QED) is 0.401. The van der Waals surface area contributed by atoms with Gasteiger partial charge in [-0.1, -0.05) is 50.1 Å². The van der Waals surface area contributed by atoms with Crippen LogP contribution in [0, 0.1) is 0 Å². The van der Waals surface area contributed by atoms with E-state index in [-0.39, 0.29) is 24.8 Å². The van der Waals surface area contributed by atoms with Gasteiger partial charge in [0, 0.05) is 38.9 Å². The molecule has 0 radical (unpaired) electrons. The summed E-state index contributed by atoms with van der Waals surface area (Å²) in [7, 11) is 2.10. The first-order valence-electron chi connectivity index (χ1n) is 11.5. The number of halogens is 2. The number of piperidine rings is 1. The molecule has 6 heteroatoms. The average molecular weight is 484 g/mol. The third kappa shape index (κ3) is 9.19. The highest BCUT2D eigenvalue weighted by atomic mass is 35.5. The van der Waals surface area contributed by atoms with E-state index in [9.17, 15) is 5.11 Å². The second-order valence-corrected chi connectivity index (χ2v) is 8.71. The lowest BCUT2D eigenvalue weighted by Gasteiger charge is -2.39. The van der Waals surface area contributed by atoms with E-state index in [1.54, 1.807) is 0 Å². The van der Waals surface area contributed by atoms with Crippen molar-refractivity contribution in [1.82, 2.24) is 4.90 Å². The van der Waals surface area contributed by atoms with Gasteiger partial charge in [-0.2, -0.15) is 0 Å². The maximum atomic E-state index is 11.1. The Hall–Kier alpha value is -1.46. The Morgan fingerprint density at radius 1 is 0.969 bits per heavy atom. The molecule has 0 bridgehead atoms. The Bertz CT molecular complexity index is 735. The zero-order chi connectivity index (χ0) is 21.2. The van der Waals surface area contributed by atoms with Gasteiger partial charge in [0.2, 0.25) is 0 Å². The molecule has 0 amide bonds. The van der Waals surface area contributed by atoms with Crippen molar-refractivity contribution >= 4 is 30.5 Å². The molecule has 32 heavy (non-hydrogen) atoms. The monoisotopic (exact) mass is 482 g/mol. The molecule has 1 aliphatic rings. The Labute approximate surface area is 206 Å². The second kappa shape index (κ2) is 14.6. The molecule has 1 fully saturated rings. The number of hydrogen-bond acceptors (Lipinski definition) is 4. The average Bonchev–Trinajstić information content (AvgIpc) is 2.78. The normalized spacial score (nSPS) is 15.3. The zero-order valence-corrected chi connectivity index (χ0v) is 21.2. The zero-order valence-electron chi connectivity index (χ0n) is 19.5. The number of anilines is 1. The van der Waals surface area contributed by atoms with Gasteiger partial charge < -0.3 is 14.7 Å². The molecule has 0 unspecified atom stereocenters. The molecule has 0 aliphatic carbocycles. The number of likely N-dealkylation sites (tertiary alicyclic amines) is 1. The van der Waals surface area contributed by atoms with Crippen LogP contribution < -0.4 is 9.64 Å². The van der Waals surface area contributed by atoms with Gasteiger partial charge in [0.25, 0.3) is 0 Å². The molecule has 1 saturated heterocycles. The third-order valence-corrected chi connectivity index (χ3v) is 6.24. The van der Waals surface area contributed by atoms with E-state index in [1.165, 1.54) is 24.1 Å². The molecule has 0 atom stereocenters. The molecule has 1 heterocycles. The van der Waals surface area contributed by atoms with E-state index in [1.807, 2.05) is 0 Å². The minimum absolute atomic E-state index is 0. The van der Waals surface area contributed by atoms with E-state index >= 15 is 0 Å². The van der Waals surface area contributed by atoms with Gasteiger partial charge >= 0.3 is 0 Å². The van der Waals surface area contributed by atoms with Gasteiger partial charge in [0.1, 0.15) is 5.75 Å². The van der Waals surface area contributed by atoms with Crippen LogP contribution in [0.4, 0.5) is 5.69 Å². The lowest BCUT2D eigenvalue weighted by molar-refractivity contribution is -0.0275. The van der Waals surface area contributed by atoms with Crippen LogP contribution in [-0.2, 0) is 6.54 Å². The first kappa shape index (κ1) is 28.6. The summed E-state index contributed by atoms with van der Waals surface area (Å²) in [6.07, 6.45) is 6.03. The maximum Gasteiger partial charge on any atom is 0.119 e. The van der Waals surface area contributed by atoms with Crippen molar-refractivity contribution in [3.63, 3.8) is 0 Å². The van der Waals surface area contributed by atoms with E-state index in [0.717, 1.165) is 64.2 Å². The minimum atomic E-state index is -0.552. The Balaban J connectivity index is 0.00000256. The lowest BCUT2D eigenvalue weighted by Crippen LogP contribution is -2.45. The number of nitrogens with zero attached hydrogens (tertiary/aromatic N) is 2. The van der Waals surface area contributed by atoms with Gasteiger partial charge in [-0.15, -0.1) is 24.8 Å². The van der Waals surface area contributed by atoms with Crippen molar-refractivity contribution in [3.8, 4) is 5.75 Å². The van der Waals surface area contributed by atoms with Gasteiger partial charge in [-0.05, 0) is 55.5 Å². The minimum Gasteiger partial charge on any atom is -0.494 e. The van der Waals surface area contributed by atoms with Crippen molar-refractivity contribution in [2.45, 2.75) is 57.6 Å². The maximum absolute atomic E-state index is 11.1. The van der Waals surface area contributed by atoms with Crippen LogP contribution in [0.2, 0.25) is 0 Å². The standard InChI is InChI=1S/C26H38N2O2.2ClH/c1-3-4-8-21-30-25-13-11-24(12-14-25)27(2)18-15-26(29)16-19-28(20-17-26)22-23-9-6-5-7-10-23;;/h5-7,9-14,29H,3-4,8,15-22H2,1-2H3;2*1H. The van der Waals surface area contributed by atoms with Crippen molar-refractivity contribution in [2.75, 3.05) is 38.2 Å². The number of rotatable bonds is 11. The van der Waals surface area contributed by atoms with Gasteiger partial charge in [-0.3, -0.25) is 4.90 Å². The van der Waals surface area contributed by atoms with Crippen LogP contribution in [0.5, 0.6) is 5.75 Å². The van der Waals surface area contributed by atoms with E-state index in [2.05, 4.69) is 78.4 Å². The number of ether oxygens (including phenoxy) is 1. The molecule has 1 aliphatic heterocycles. The van der Waals surface area contributed by atoms with Crippen LogP contribution in [-0.4, -0.2) is 48.9 Å². The van der Waals surface area contributed by atoms with Crippen LogP contribution in [0.3, 0.4) is 0 Å². The fourth-order valence-electron chi connectivity index (χ4n) is 4.06. The smallest absolute Gasteiger partial charge is 0.119 e. The second-order valence-electron chi connectivity index (χ2n) is 8.71. The van der Waals surface area contributed by atoms with Crippen LogP contribution in [0.1, 0.15) is 51.0 Å². The fraction of sp³-hybridized carbons (Fsp3) is 0.538. The Morgan fingerprint density at radius 2 is 1.62 bits per heavy atom. The highest BCUT2D eigenvalue weighted by molar-refractivity contribution is 5.85. The van der Waals surface area contributed by atoms with Crippen molar-refractivity contribution < 1.29 is 9.84 Å². The van der Waals surface area contributed by atoms with Crippen molar-refractivity contribution in [2.24, 2.45) is 0 Å². The molecule has 2 aromatic rings. The Kier molecular flexibility index (Phi) is 13.1. The van der Waals surface area contributed by atoms with Crippen LogP contribution >= 0.6 is 24.8 Å². The fourth-order valence-corrected chi connectivity index (χ4v) is 4.06. The van der Waals surface area contributed by atoms with Crippen molar-refractivity contribution in [3.05, 3.63) is 60.2 Å². The highest BCUT2D eigenvalue weighted by Gasteiger charge is 2.32. The van der Waals surface area contributed by atoms with E-state index in [4.69, 9.17) is 4.74 Å². The molecule has 1 N–H and O–H groups in total. The molecular formula is C26H40Cl2N2O2. The predicted molar refractivity (Wildman–Crippen MR) is 140 cm³/mol. The third-order valence-electron chi connectivity index (χ3n) is 6.24. The van der Waals surface area contributed by atoms with Crippen LogP contribution in [0.25, 0.3) is 0 Å². The van der Waals surface area contributed by atoms with Gasteiger partial charge in [0.05, 0.1) is 12.2 Å². The van der Waals surface area contributed by atoms with Crippen LogP contribution in [0.15, 0.2) is 54.6 Å². The first-order valence-corrected chi connectivity index (χ1v) is 11.5. The Morgan fingerprint density at radius 3 is 2.25 bits per heavy atom. The summed E-state index contributed by atoms with van der Waals surface area (Å²) in [6, 6.07) is 18.9. The van der Waals surface area contributed by atoms with Crippen molar-refractivity contribution in [1.29, 1.82) is 0 Å². The van der Waals surface area contributed by atoms with E-state index in [0.29, 0.717) is 0 Å². The number of aliphatic hydroxyl groups is 1. The topological polar surface area (TPSA) is 35.9 Å². The summed E-state index contributed by atoms with van der Waals surface area (Å²) in [4.78, 5) is 4.68. The summed E-state index contributed by atoms with van der Waals surface area (Å²) in [5.74, 6) is 0.938. The number of unbranched alkanes of at least 4 members (excludes halogenated alkanes) is 2. The first-order chi connectivity index (χ1) is 14.6. The summed E-state index contributed by atoms with van der Waals surface area (Å²) in [5.41, 5.74) is 1.96. The van der Waals surface area contributed by atoms with Gasteiger partial charge in [-0.25, -0.2) is 0 Å². The van der Waals surface area contributed by atoms with E-state index < -0.39 is 5.60 Å². The number of benzene rings is 2. The molecule has 180 valence electrons. The molecule has 3 rings (SSSR count). The molecule has 0 aromatic heterocycles. The summed E-state index contributed by atoms with van der Waals surface area (Å²) < 4.78 is 5.80. The van der Waals surface area contributed by atoms with Gasteiger partial charge in [0.15, 0.2) is 0 Å². The largest absolute Gasteiger partial charge is 0.494 e. The highest BCUT2D eigenvalue weighted by Crippen LogP contribution is 2.28. The summed E-state index contributed by atoms with van der Waals surface area (Å²) in [5, 5.41) is 11.1. The molecule has 4 nitrogen and oxygen atoms in total. The molecular weight excluding hydrogens is 443 g/mol. The molecule has 0 spiro atoms. The number of hydrogen-bond donors (Lipinski definition) is 1.